The first kappa shape index (κ1) is 14.3. The van der Waals surface area contributed by atoms with E-state index in [0.717, 1.165) is 22.2 Å². The summed E-state index contributed by atoms with van der Waals surface area (Å²) >= 11 is 10.0. The fourth-order valence-corrected chi connectivity index (χ4v) is 3.30. The average Bonchev–Trinajstić information content (AvgIpc) is 2.87. The molecular weight excluding hydrogens is 456 g/mol. The van der Waals surface area contributed by atoms with Gasteiger partial charge in [0.1, 0.15) is 10.2 Å². The number of nitrogens with zero attached hydrogens (tertiary/aromatic N) is 2. The predicted molar refractivity (Wildman–Crippen MR) is 86.3 cm³/mol. The molecule has 7 heteroatoms. The molecule has 0 bridgehead atoms. The molecule has 0 amide bonds. The van der Waals surface area contributed by atoms with Crippen LogP contribution in [0.4, 0.5) is 0 Å². The van der Waals surface area contributed by atoms with E-state index >= 15 is 0 Å². The van der Waals surface area contributed by atoms with Crippen LogP contribution >= 0.6 is 47.8 Å². The molecule has 0 saturated carbocycles. The van der Waals surface area contributed by atoms with Crippen molar-refractivity contribution in [1.29, 1.82) is 0 Å². The Morgan fingerprint density at radius 3 is 2.90 bits per heavy atom. The first-order chi connectivity index (χ1) is 9.56. The summed E-state index contributed by atoms with van der Waals surface area (Å²) in [5, 5.41) is 4.15. The fraction of sp³-hybridized carbons (Fsp3) is 0.231. The molecule has 20 heavy (non-hydrogen) atoms. The SMILES string of the molecule is O=c1c(Br)c(Br)cnn1Cc1cc(Br)cc2c1OCC2. The minimum atomic E-state index is -0.175. The molecule has 0 atom stereocenters. The molecule has 1 aliphatic heterocycles. The van der Waals surface area contributed by atoms with Crippen LogP contribution in [0.25, 0.3) is 0 Å². The Hall–Kier alpha value is -0.660. The van der Waals surface area contributed by atoms with E-state index in [4.69, 9.17) is 4.74 Å². The third-order valence-electron chi connectivity index (χ3n) is 3.09. The Morgan fingerprint density at radius 1 is 1.30 bits per heavy atom. The normalized spacial score (nSPS) is 13.2. The lowest BCUT2D eigenvalue weighted by Crippen LogP contribution is -2.24. The molecule has 0 aliphatic carbocycles. The molecule has 0 saturated heterocycles. The van der Waals surface area contributed by atoms with Crippen LogP contribution in [0.15, 0.2) is 36.5 Å². The zero-order valence-corrected chi connectivity index (χ0v) is 15.0. The van der Waals surface area contributed by atoms with Gasteiger partial charge in [0.25, 0.3) is 5.56 Å². The zero-order valence-electron chi connectivity index (χ0n) is 10.2. The molecular formula is C13H9Br3N2O2. The van der Waals surface area contributed by atoms with Crippen molar-refractivity contribution in [2.45, 2.75) is 13.0 Å². The first-order valence-corrected chi connectivity index (χ1v) is 8.29. The second kappa shape index (κ2) is 5.61. The summed E-state index contributed by atoms with van der Waals surface area (Å²) in [6, 6.07) is 4.02. The number of rotatable bonds is 2. The molecule has 3 rings (SSSR count). The molecule has 0 N–H and O–H groups in total. The summed E-state index contributed by atoms with van der Waals surface area (Å²) in [7, 11) is 0. The van der Waals surface area contributed by atoms with Crippen molar-refractivity contribution in [3.05, 3.63) is 53.2 Å². The van der Waals surface area contributed by atoms with Crippen LogP contribution in [0.3, 0.4) is 0 Å². The van der Waals surface area contributed by atoms with Gasteiger partial charge in [0.2, 0.25) is 0 Å². The summed E-state index contributed by atoms with van der Waals surface area (Å²) < 4.78 is 9.19. The number of hydrogen-bond acceptors (Lipinski definition) is 3. The van der Waals surface area contributed by atoms with Crippen LogP contribution in [-0.4, -0.2) is 16.4 Å². The molecule has 0 unspecified atom stereocenters. The first-order valence-electron chi connectivity index (χ1n) is 5.91. The molecule has 2 aromatic rings. The van der Waals surface area contributed by atoms with Crippen molar-refractivity contribution in [1.82, 2.24) is 9.78 Å². The van der Waals surface area contributed by atoms with Crippen molar-refractivity contribution >= 4 is 47.8 Å². The van der Waals surface area contributed by atoms with Gasteiger partial charge in [-0.15, -0.1) is 0 Å². The van der Waals surface area contributed by atoms with E-state index in [-0.39, 0.29) is 5.56 Å². The van der Waals surface area contributed by atoms with Crippen molar-refractivity contribution in [3.63, 3.8) is 0 Å². The highest BCUT2D eigenvalue weighted by Crippen LogP contribution is 2.33. The lowest BCUT2D eigenvalue weighted by Gasteiger charge is -2.10. The molecule has 0 radical (unpaired) electrons. The number of aromatic nitrogens is 2. The van der Waals surface area contributed by atoms with Crippen LogP contribution < -0.4 is 10.3 Å². The van der Waals surface area contributed by atoms with E-state index in [1.807, 2.05) is 6.07 Å². The summed E-state index contributed by atoms with van der Waals surface area (Å²) in [5.74, 6) is 0.876. The maximum absolute atomic E-state index is 12.2. The second-order valence-electron chi connectivity index (χ2n) is 4.42. The Bertz CT molecular complexity index is 743. The minimum Gasteiger partial charge on any atom is -0.493 e. The summed E-state index contributed by atoms with van der Waals surface area (Å²) in [6.07, 6.45) is 2.50. The number of halogens is 3. The van der Waals surface area contributed by atoms with Gasteiger partial charge >= 0.3 is 0 Å². The van der Waals surface area contributed by atoms with Crippen LogP contribution in [0.2, 0.25) is 0 Å². The Labute approximate surface area is 140 Å². The predicted octanol–water partition coefficient (Wildman–Crippen LogP) is 3.51. The largest absolute Gasteiger partial charge is 0.493 e. The van der Waals surface area contributed by atoms with Gasteiger partial charge in [-0.2, -0.15) is 5.10 Å². The number of fused-ring (bicyclic) bond motifs is 1. The van der Waals surface area contributed by atoms with Gasteiger partial charge in [0.15, 0.2) is 0 Å². The van der Waals surface area contributed by atoms with Crippen molar-refractivity contribution < 1.29 is 4.74 Å². The maximum Gasteiger partial charge on any atom is 0.282 e. The maximum atomic E-state index is 12.2. The van der Waals surface area contributed by atoms with Crippen molar-refractivity contribution in [2.24, 2.45) is 0 Å². The van der Waals surface area contributed by atoms with Crippen LogP contribution in [-0.2, 0) is 13.0 Å². The topological polar surface area (TPSA) is 44.1 Å². The quantitative estimate of drug-likeness (QED) is 0.683. The van der Waals surface area contributed by atoms with Crippen molar-refractivity contribution in [2.75, 3.05) is 6.61 Å². The van der Waals surface area contributed by atoms with E-state index < -0.39 is 0 Å². The van der Waals surface area contributed by atoms with Gasteiger partial charge in [0, 0.05) is 16.5 Å². The van der Waals surface area contributed by atoms with Crippen LogP contribution in [0.5, 0.6) is 5.75 Å². The third-order valence-corrected chi connectivity index (χ3v) is 5.45. The Kier molecular flexibility index (Phi) is 4.01. The minimum absolute atomic E-state index is 0.175. The highest BCUT2D eigenvalue weighted by Gasteiger charge is 2.18. The molecule has 1 aromatic carbocycles. The highest BCUT2D eigenvalue weighted by molar-refractivity contribution is 9.13. The van der Waals surface area contributed by atoms with Gasteiger partial charge in [-0.1, -0.05) is 15.9 Å². The molecule has 4 nitrogen and oxygen atoms in total. The van der Waals surface area contributed by atoms with E-state index in [0.29, 0.717) is 22.1 Å². The fourth-order valence-electron chi connectivity index (χ4n) is 2.18. The highest BCUT2D eigenvalue weighted by atomic mass is 79.9. The summed E-state index contributed by atoms with van der Waals surface area (Å²) in [5.41, 5.74) is 1.94. The van der Waals surface area contributed by atoms with Gasteiger partial charge in [-0.25, -0.2) is 4.68 Å². The molecule has 0 spiro atoms. The standard InChI is InChI=1S/C13H9Br3N2O2/c14-9-3-7-1-2-20-12(7)8(4-9)6-18-13(19)11(16)10(15)5-17-18/h3-5H,1-2,6H2. The molecule has 0 fully saturated rings. The molecule has 1 aliphatic rings. The Balaban J connectivity index is 2.05. The average molecular weight is 465 g/mol. The zero-order chi connectivity index (χ0) is 14.3. The Morgan fingerprint density at radius 2 is 2.10 bits per heavy atom. The lowest BCUT2D eigenvalue weighted by molar-refractivity contribution is 0.352. The smallest absolute Gasteiger partial charge is 0.282 e. The lowest BCUT2D eigenvalue weighted by atomic mass is 10.1. The van der Waals surface area contributed by atoms with Gasteiger partial charge in [0.05, 0.1) is 23.8 Å². The van der Waals surface area contributed by atoms with Gasteiger partial charge in [-0.05, 0) is 49.6 Å². The summed E-state index contributed by atoms with van der Waals surface area (Å²) in [6.45, 7) is 1.07. The van der Waals surface area contributed by atoms with E-state index in [1.54, 1.807) is 6.20 Å². The number of benzene rings is 1. The van der Waals surface area contributed by atoms with Gasteiger partial charge in [-0.3, -0.25) is 4.79 Å². The van der Waals surface area contributed by atoms with E-state index in [2.05, 4.69) is 59.0 Å². The third kappa shape index (κ3) is 2.58. The monoisotopic (exact) mass is 462 g/mol. The second-order valence-corrected chi connectivity index (χ2v) is 6.98. The van der Waals surface area contributed by atoms with Crippen LogP contribution in [0.1, 0.15) is 11.1 Å². The molecule has 1 aromatic heterocycles. The van der Waals surface area contributed by atoms with Crippen molar-refractivity contribution in [3.8, 4) is 5.75 Å². The van der Waals surface area contributed by atoms with E-state index in [9.17, 15) is 4.79 Å². The summed E-state index contributed by atoms with van der Waals surface area (Å²) in [4.78, 5) is 12.2. The molecule has 2 heterocycles. The number of hydrogen-bond donors (Lipinski definition) is 0. The van der Waals surface area contributed by atoms with E-state index in [1.165, 1.54) is 10.2 Å². The van der Waals surface area contributed by atoms with Gasteiger partial charge < -0.3 is 4.74 Å². The van der Waals surface area contributed by atoms with Crippen LogP contribution in [0, 0.1) is 0 Å². The number of ether oxygens (including phenoxy) is 1. The molecule has 104 valence electrons.